The number of likely N-dealkylation sites (tertiary alicyclic amines) is 1. The molecule has 5 heteroatoms. The summed E-state index contributed by atoms with van der Waals surface area (Å²) in [6, 6.07) is 8.00. The molecule has 0 spiro atoms. The summed E-state index contributed by atoms with van der Waals surface area (Å²) in [7, 11) is 0. The number of hydrogen-bond donors (Lipinski definition) is 1. The largest absolute Gasteiger partial charge is 0.389 e. The standard InChI is InChI=1S/C16H21N3O2/c1-12-6-3-4-7-13(12)15-17-14(21-18-15)10-19-9-5-8-16(2,20)11-19/h3-4,6-7,20H,5,8-11H2,1-2H3. The minimum absolute atomic E-state index is 0.592. The molecular formula is C16H21N3O2. The fourth-order valence-corrected chi connectivity index (χ4v) is 2.90. The van der Waals surface area contributed by atoms with E-state index in [1.165, 1.54) is 0 Å². The molecule has 1 aliphatic rings. The van der Waals surface area contributed by atoms with Gasteiger partial charge in [0.15, 0.2) is 0 Å². The first-order chi connectivity index (χ1) is 10.0. The van der Waals surface area contributed by atoms with Crippen LogP contribution in [0.15, 0.2) is 28.8 Å². The molecule has 1 aromatic heterocycles. The van der Waals surface area contributed by atoms with E-state index in [9.17, 15) is 5.11 Å². The van der Waals surface area contributed by atoms with Gasteiger partial charge in [0.2, 0.25) is 11.7 Å². The van der Waals surface area contributed by atoms with Gasteiger partial charge in [0.05, 0.1) is 12.1 Å². The van der Waals surface area contributed by atoms with Crippen LogP contribution in [-0.2, 0) is 6.54 Å². The maximum Gasteiger partial charge on any atom is 0.241 e. The van der Waals surface area contributed by atoms with E-state index in [0.717, 1.165) is 30.5 Å². The Labute approximate surface area is 124 Å². The first-order valence-electron chi connectivity index (χ1n) is 7.37. The molecule has 21 heavy (non-hydrogen) atoms. The van der Waals surface area contributed by atoms with E-state index < -0.39 is 5.60 Å². The SMILES string of the molecule is Cc1ccccc1-c1noc(CN2CCCC(C)(O)C2)n1. The van der Waals surface area contributed by atoms with Crippen molar-refractivity contribution in [2.24, 2.45) is 0 Å². The lowest BCUT2D eigenvalue weighted by molar-refractivity contribution is -0.0207. The first kappa shape index (κ1) is 14.2. The summed E-state index contributed by atoms with van der Waals surface area (Å²) in [5.41, 5.74) is 1.51. The smallest absolute Gasteiger partial charge is 0.241 e. The minimum atomic E-state index is -0.614. The molecule has 112 valence electrons. The van der Waals surface area contributed by atoms with Crippen molar-refractivity contribution >= 4 is 0 Å². The van der Waals surface area contributed by atoms with Crippen LogP contribution in [0.25, 0.3) is 11.4 Å². The third kappa shape index (κ3) is 3.31. The van der Waals surface area contributed by atoms with Crippen molar-refractivity contribution in [1.29, 1.82) is 0 Å². The fourth-order valence-electron chi connectivity index (χ4n) is 2.90. The monoisotopic (exact) mass is 287 g/mol. The Hall–Kier alpha value is -1.72. The minimum Gasteiger partial charge on any atom is -0.389 e. The van der Waals surface area contributed by atoms with E-state index in [2.05, 4.69) is 15.0 Å². The summed E-state index contributed by atoms with van der Waals surface area (Å²) >= 11 is 0. The van der Waals surface area contributed by atoms with E-state index in [4.69, 9.17) is 4.52 Å². The van der Waals surface area contributed by atoms with Crippen molar-refractivity contribution in [3.05, 3.63) is 35.7 Å². The van der Waals surface area contributed by atoms with E-state index in [0.29, 0.717) is 24.8 Å². The van der Waals surface area contributed by atoms with Crippen LogP contribution < -0.4 is 0 Å². The van der Waals surface area contributed by atoms with Gasteiger partial charge in [0.25, 0.3) is 0 Å². The number of β-amino-alcohol motifs (C(OH)–C–C–N with tert-alkyl or cyclic N) is 1. The molecule has 5 nitrogen and oxygen atoms in total. The summed E-state index contributed by atoms with van der Waals surface area (Å²) < 4.78 is 5.36. The summed E-state index contributed by atoms with van der Waals surface area (Å²) in [5, 5.41) is 14.2. The number of nitrogens with zero attached hydrogens (tertiary/aromatic N) is 3. The number of aromatic nitrogens is 2. The van der Waals surface area contributed by atoms with Gasteiger partial charge in [-0.1, -0.05) is 29.4 Å². The fraction of sp³-hybridized carbons (Fsp3) is 0.500. The number of aryl methyl sites for hydroxylation is 1. The van der Waals surface area contributed by atoms with Crippen LogP contribution in [0, 0.1) is 6.92 Å². The van der Waals surface area contributed by atoms with Crippen molar-refractivity contribution in [1.82, 2.24) is 15.0 Å². The van der Waals surface area contributed by atoms with Crippen molar-refractivity contribution in [2.45, 2.75) is 38.8 Å². The number of benzene rings is 1. The van der Waals surface area contributed by atoms with Gasteiger partial charge < -0.3 is 9.63 Å². The summed E-state index contributed by atoms with van der Waals surface area (Å²) in [6.45, 7) is 6.11. The lowest BCUT2D eigenvalue weighted by Gasteiger charge is -2.35. The van der Waals surface area contributed by atoms with Gasteiger partial charge in [-0.2, -0.15) is 4.98 Å². The topological polar surface area (TPSA) is 62.4 Å². The molecule has 3 rings (SSSR count). The molecule has 0 bridgehead atoms. The van der Waals surface area contributed by atoms with E-state index in [-0.39, 0.29) is 0 Å². The predicted octanol–water partition coefficient (Wildman–Crippen LogP) is 2.39. The van der Waals surface area contributed by atoms with Gasteiger partial charge in [-0.15, -0.1) is 0 Å². The van der Waals surface area contributed by atoms with Gasteiger partial charge in [-0.05, 0) is 38.8 Å². The van der Waals surface area contributed by atoms with Crippen LogP contribution in [-0.4, -0.2) is 38.8 Å². The third-order valence-electron chi connectivity index (χ3n) is 3.97. The van der Waals surface area contributed by atoms with Gasteiger partial charge in [-0.25, -0.2) is 0 Å². The zero-order valence-electron chi connectivity index (χ0n) is 12.5. The Bertz CT molecular complexity index is 621. The van der Waals surface area contributed by atoms with Crippen LogP contribution in [0.5, 0.6) is 0 Å². The predicted molar refractivity (Wildman–Crippen MR) is 79.6 cm³/mol. The highest BCUT2D eigenvalue weighted by atomic mass is 16.5. The average Bonchev–Trinajstić information content (AvgIpc) is 2.86. The van der Waals surface area contributed by atoms with Crippen molar-refractivity contribution in [3.8, 4) is 11.4 Å². The van der Waals surface area contributed by atoms with Gasteiger partial charge >= 0.3 is 0 Å². The highest BCUT2D eigenvalue weighted by Crippen LogP contribution is 2.23. The average molecular weight is 287 g/mol. The molecule has 1 atom stereocenters. The summed E-state index contributed by atoms with van der Waals surface area (Å²) in [4.78, 5) is 6.65. The van der Waals surface area contributed by atoms with Crippen LogP contribution in [0.4, 0.5) is 0 Å². The van der Waals surface area contributed by atoms with Gasteiger partial charge in [0.1, 0.15) is 0 Å². The zero-order chi connectivity index (χ0) is 14.9. The molecule has 1 aliphatic heterocycles. The molecule has 1 aromatic carbocycles. The second kappa shape index (κ2) is 5.58. The molecule has 1 fully saturated rings. The van der Waals surface area contributed by atoms with Crippen molar-refractivity contribution in [3.63, 3.8) is 0 Å². The Morgan fingerprint density at radius 1 is 1.38 bits per heavy atom. The molecule has 1 saturated heterocycles. The van der Waals surface area contributed by atoms with Crippen molar-refractivity contribution in [2.75, 3.05) is 13.1 Å². The second-order valence-electron chi connectivity index (χ2n) is 6.14. The Balaban J connectivity index is 1.72. The maximum absolute atomic E-state index is 10.1. The zero-order valence-corrected chi connectivity index (χ0v) is 12.5. The van der Waals surface area contributed by atoms with Gasteiger partial charge in [-0.3, -0.25) is 4.90 Å². The van der Waals surface area contributed by atoms with Crippen LogP contribution >= 0.6 is 0 Å². The molecule has 2 aromatic rings. The highest BCUT2D eigenvalue weighted by molar-refractivity contribution is 5.58. The quantitative estimate of drug-likeness (QED) is 0.939. The van der Waals surface area contributed by atoms with Crippen LogP contribution in [0.1, 0.15) is 31.2 Å². The number of piperidine rings is 1. The molecule has 0 radical (unpaired) electrons. The lowest BCUT2D eigenvalue weighted by Crippen LogP contribution is -2.45. The summed E-state index contributed by atoms with van der Waals surface area (Å²) in [5.74, 6) is 1.23. The molecular weight excluding hydrogens is 266 g/mol. The Morgan fingerprint density at radius 2 is 2.19 bits per heavy atom. The third-order valence-corrected chi connectivity index (χ3v) is 3.97. The van der Waals surface area contributed by atoms with Crippen LogP contribution in [0.3, 0.4) is 0 Å². The molecule has 1 N–H and O–H groups in total. The van der Waals surface area contributed by atoms with Crippen LogP contribution in [0.2, 0.25) is 0 Å². The van der Waals surface area contributed by atoms with E-state index >= 15 is 0 Å². The van der Waals surface area contributed by atoms with E-state index in [1.807, 2.05) is 38.1 Å². The van der Waals surface area contributed by atoms with Crippen molar-refractivity contribution < 1.29 is 9.63 Å². The maximum atomic E-state index is 10.1. The molecule has 1 unspecified atom stereocenters. The number of hydrogen-bond acceptors (Lipinski definition) is 5. The Kier molecular flexibility index (Phi) is 3.78. The molecule has 0 saturated carbocycles. The highest BCUT2D eigenvalue weighted by Gasteiger charge is 2.29. The Morgan fingerprint density at radius 3 is 2.95 bits per heavy atom. The normalized spacial score (nSPS) is 23.4. The lowest BCUT2D eigenvalue weighted by atomic mass is 9.95. The number of rotatable bonds is 3. The second-order valence-corrected chi connectivity index (χ2v) is 6.14. The first-order valence-corrected chi connectivity index (χ1v) is 7.37. The molecule has 2 heterocycles. The molecule has 0 amide bonds. The summed E-state index contributed by atoms with van der Waals surface area (Å²) in [6.07, 6.45) is 1.84. The van der Waals surface area contributed by atoms with E-state index in [1.54, 1.807) is 0 Å². The van der Waals surface area contributed by atoms with Gasteiger partial charge in [0, 0.05) is 12.1 Å². The molecule has 0 aliphatic carbocycles. The number of aliphatic hydroxyl groups is 1.